The van der Waals surface area contributed by atoms with Gasteiger partial charge in [-0.2, -0.15) is 0 Å². The summed E-state index contributed by atoms with van der Waals surface area (Å²) in [5.74, 6) is 0. The maximum atomic E-state index is 4.15. The van der Waals surface area contributed by atoms with Crippen LogP contribution in [0.1, 0.15) is 19.5 Å². The molecule has 0 saturated heterocycles. The first-order valence-electron chi connectivity index (χ1n) is 4.12. The summed E-state index contributed by atoms with van der Waals surface area (Å²) >= 11 is 1.62. The topological polar surface area (TPSA) is 24.9 Å². The van der Waals surface area contributed by atoms with Crippen LogP contribution < -0.4 is 5.32 Å². The normalized spacial score (nSPS) is 13.8. The van der Waals surface area contributed by atoms with E-state index in [4.69, 9.17) is 0 Å². The van der Waals surface area contributed by atoms with Gasteiger partial charge in [-0.15, -0.1) is 11.3 Å². The molecule has 1 aromatic rings. The molecule has 0 radical (unpaired) electrons. The summed E-state index contributed by atoms with van der Waals surface area (Å²) in [4.78, 5) is 4.15. The van der Waals surface area contributed by atoms with Gasteiger partial charge in [0.05, 0.1) is 11.2 Å². The highest BCUT2D eigenvalue weighted by molar-refractivity contribution is 7.07. The Morgan fingerprint density at radius 1 is 1.75 bits per heavy atom. The Labute approximate surface area is 77.3 Å². The Morgan fingerprint density at radius 2 is 2.58 bits per heavy atom. The van der Waals surface area contributed by atoms with E-state index in [0.29, 0.717) is 6.04 Å². The molecule has 1 N–H and O–H groups in total. The summed E-state index contributed by atoms with van der Waals surface area (Å²) < 4.78 is 0. The van der Waals surface area contributed by atoms with E-state index in [2.05, 4.69) is 30.2 Å². The maximum Gasteiger partial charge on any atom is 0.0798 e. The van der Waals surface area contributed by atoms with Crippen molar-refractivity contribution < 1.29 is 0 Å². The molecular formula is C9H14N2S. The number of likely N-dealkylation sites (N-methyl/N-ethyl adjacent to an activating group) is 1. The number of rotatable bonds is 4. The zero-order valence-corrected chi connectivity index (χ0v) is 8.27. The average molecular weight is 182 g/mol. The minimum absolute atomic E-state index is 0.427. The van der Waals surface area contributed by atoms with Crippen LogP contribution in [0.2, 0.25) is 0 Å². The number of aromatic nitrogens is 1. The van der Waals surface area contributed by atoms with E-state index in [-0.39, 0.29) is 0 Å². The molecule has 1 atom stereocenters. The van der Waals surface area contributed by atoms with Crippen LogP contribution in [0.5, 0.6) is 0 Å². The van der Waals surface area contributed by atoms with Crippen LogP contribution in [0.3, 0.4) is 0 Å². The standard InChI is InChI=1S/C9H14N2S/c1-3-10-8(2)4-5-9-6-12-7-11-9/h4-8,10H,3H2,1-2H3/b5-4+. The number of hydrogen-bond acceptors (Lipinski definition) is 3. The van der Waals surface area contributed by atoms with Crippen molar-refractivity contribution in [1.82, 2.24) is 10.3 Å². The fourth-order valence-corrected chi connectivity index (χ4v) is 1.46. The number of nitrogens with zero attached hydrogens (tertiary/aromatic N) is 1. The largest absolute Gasteiger partial charge is 0.311 e. The lowest BCUT2D eigenvalue weighted by Gasteiger charge is -2.04. The summed E-state index contributed by atoms with van der Waals surface area (Å²) in [5.41, 5.74) is 2.89. The molecule has 0 spiro atoms. The number of thiazole rings is 1. The molecule has 12 heavy (non-hydrogen) atoms. The van der Waals surface area contributed by atoms with Gasteiger partial charge in [0.15, 0.2) is 0 Å². The molecule has 0 aliphatic heterocycles. The van der Waals surface area contributed by atoms with Gasteiger partial charge in [0.1, 0.15) is 0 Å². The molecule has 1 heterocycles. The number of hydrogen-bond donors (Lipinski definition) is 1. The fourth-order valence-electron chi connectivity index (χ4n) is 0.937. The molecule has 3 heteroatoms. The van der Waals surface area contributed by atoms with E-state index in [1.165, 1.54) is 0 Å². The molecule has 0 saturated carbocycles. The van der Waals surface area contributed by atoms with Crippen LogP contribution in [0, 0.1) is 0 Å². The van der Waals surface area contributed by atoms with Crippen LogP contribution in [0.4, 0.5) is 0 Å². The first-order chi connectivity index (χ1) is 5.83. The van der Waals surface area contributed by atoms with Crippen molar-refractivity contribution in [3.8, 4) is 0 Å². The third kappa shape index (κ3) is 3.15. The molecule has 0 aliphatic carbocycles. The maximum absolute atomic E-state index is 4.15. The molecule has 0 bridgehead atoms. The van der Waals surface area contributed by atoms with Crippen LogP contribution in [-0.2, 0) is 0 Å². The van der Waals surface area contributed by atoms with E-state index in [1.807, 2.05) is 17.0 Å². The molecule has 0 amide bonds. The van der Waals surface area contributed by atoms with Crippen LogP contribution in [-0.4, -0.2) is 17.6 Å². The van der Waals surface area contributed by atoms with Crippen molar-refractivity contribution in [2.45, 2.75) is 19.9 Å². The van der Waals surface area contributed by atoms with Crippen molar-refractivity contribution in [2.24, 2.45) is 0 Å². The lowest BCUT2D eigenvalue weighted by Crippen LogP contribution is -2.22. The van der Waals surface area contributed by atoms with Crippen molar-refractivity contribution in [3.05, 3.63) is 22.7 Å². The second-order valence-electron chi connectivity index (χ2n) is 2.62. The zero-order valence-electron chi connectivity index (χ0n) is 7.45. The van der Waals surface area contributed by atoms with Gasteiger partial charge in [-0.25, -0.2) is 4.98 Å². The van der Waals surface area contributed by atoms with Crippen LogP contribution in [0.25, 0.3) is 6.08 Å². The van der Waals surface area contributed by atoms with Gasteiger partial charge in [-0.3, -0.25) is 0 Å². The predicted octanol–water partition coefficient (Wildman–Crippen LogP) is 2.15. The summed E-state index contributed by atoms with van der Waals surface area (Å²) in [7, 11) is 0. The quantitative estimate of drug-likeness (QED) is 0.771. The molecule has 0 aromatic carbocycles. The Balaban J connectivity index is 2.40. The molecule has 66 valence electrons. The lowest BCUT2D eigenvalue weighted by atomic mass is 10.3. The second-order valence-corrected chi connectivity index (χ2v) is 3.34. The molecule has 0 aliphatic rings. The van der Waals surface area contributed by atoms with E-state index in [9.17, 15) is 0 Å². The van der Waals surface area contributed by atoms with E-state index < -0.39 is 0 Å². The Morgan fingerprint density at radius 3 is 3.17 bits per heavy atom. The van der Waals surface area contributed by atoms with Crippen molar-refractivity contribution in [2.75, 3.05) is 6.54 Å². The minimum atomic E-state index is 0.427. The second kappa shape index (κ2) is 5.06. The molecule has 1 aromatic heterocycles. The van der Waals surface area contributed by atoms with Gasteiger partial charge in [0.2, 0.25) is 0 Å². The van der Waals surface area contributed by atoms with Gasteiger partial charge in [-0.05, 0) is 19.5 Å². The molecule has 1 rings (SSSR count). The smallest absolute Gasteiger partial charge is 0.0798 e. The van der Waals surface area contributed by atoms with Gasteiger partial charge in [0, 0.05) is 11.4 Å². The van der Waals surface area contributed by atoms with Crippen LogP contribution in [0.15, 0.2) is 17.0 Å². The molecule has 1 unspecified atom stereocenters. The predicted molar refractivity (Wildman–Crippen MR) is 54.3 cm³/mol. The fraction of sp³-hybridized carbons (Fsp3) is 0.444. The van der Waals surface area contributed by atoms with Gasteiger partial charge in [-0.1, -0.05) is 13.0 Å². The highest BCUT2D eigenvalue weighted by atomic mass is 32.1. The van der Waals surface area contributed by atoms with Gasteiger partial charge in [0.25, 0.3) is 0 Å². The summed E-state index contributed by atoms with van der Waals surface area (Å²) in [6.07, 6.45) is 4.17. The summed E-state index contributed by atoms with van der Waals surface area (Å²) in [6.45, 7) is 5.24. The van der Waals surface area contributed by atoms with Crippen molar-refractivity contribution >= 4 is 17.4 Å². The lowest BCUT2D eigenvalue weighted by molar-refractivity contribution is 0.663. The highest BCUT2D eigenvalue weighted by Crippen LogP contribution is 2.03. The number of nitrogens with one attached hydrogen (secondary N) is 1. The van der Waals surface area contributed by atoms with Crippen molar-refractivity contribution in [1.29, 1.82) is 0 Å². The molecule has 0 fully saturated rings. The van der Waals surface area contributed by atoms with Crippen molar-refractivity contribution in [3.63, 3.8) is 0 Å². The van der Waals surface area contributed by atoms with Gasteiger partial charge >= 0.3 is 0 Å². The first-order valence-corrected chi connectivity index (χ1v) is 5.07. The SMILES string of the molecule is CCNC(C)/C=C/c1cscn1. The Kier molecular flexibility index (Phi) is 3.97. The Hall–Kier alpha value is -0.670. The minimum Gasteiger partial charge on any atom is -0.311 e. The van der Waals surface area contributed by atoms with E-state index >= 15 is 0 Å². The zero-order chi connectivity index (χ0) is 8.81. The average Bonchev–Trinajstić information content (AvgIpc) is 2.53. The molecule has 2 nitrogen and oxygen atoms in total. The van der Waals surface area contributed by atoms with Crippen LogP contribution >= 0.6 is 11.3 Å². The van der Waals surface area contributed by atoms with E-state index in [1.54, 1.807) is 11.3 Å². The third-order valence-electron chi connectivity index (χ3n) is 1.53. The first kappa shape index (κ1) is 9.42. The third-order valence-corrected chi connectivity index (χ3v) is 2.14. The van der Waals surface area contributed by atoms with Gasteiger partial charge < -0.3 is 5.32 Å². The monoisotopic (exact) mass is 182 g/mol. The molecular weight excluding hydrogens is 168 g/mol. The highest BCUT2D eigenvalue weighted by Gasteiger charge is 1.92. The van der Waals surface area contributed by atoms with E-state index in [0.717, 1.165) is 12.2 Å². The summed E-state index contributed by atoms with van der Waals surface area (Å²) in [6, 6.07) is 0.427. The summed E-state index contributed by atoms with van der Waals surface area (Å²) in [5, 5.41) is 5.33. The Bertz CT molecular complexity index is 229.